The summed E-state index contributed by atoms with van der Waals surface area (Å²) >= 11 is 0. The highest BCUT2D eigenvalue weighted by molar-refractivity contribution is 6.03. The molecular formula is C17H11F2N3O2. The van der Waals surface area contributed by atoms with Gasteiger partial charge in [-0.2, -0.15) is 0 Å². The van der Waals surface area contributed by atoms with Gasteiger partial charge in [0.05, 0.1) is 17.1 Å². The molecule has 0 aliphatic carbocycles. The molecule has 1 aliphatic rings. The number of nitrogens with zero attached hydrogens (tertiary/aromatic N) is 2. The van der Waals surface area contributed by atoms with Crippen molar-refractivity contribution in [3.63, 3.8) is 0 Å². The van der Waals surface area contributed by atoms with E-state index in [4.69, 9.17) is 4.74 Å². The topological polar surface area (TPSA) is 56.2 Å². The Morgan fingerprint density at radius 3 is 2.92 bits per heavy atom. The van der Waals surface area contributed by atoms with Gasteiger partial charge in [-0.15, -0.1) is 0 Å². The van der Waals surface area contributed by atoms with E-state index in [9.17, 15) is 13.6 Å². The molecule has 1 N–H and O–H groups in total. The fourth-order valence-corrected chi connectivity index (χ4v) is 2.61. The number of hydrogen-bond acceptors (Lipinski definition) is 3. The minimum Gasteiger partial charge on any atom is -0.485 e. The van der Waals surface area contributed by atoms with Crippen LogP contribution in [0.25, 0.3) is 5.69 Å². The Morgan fingerprint density at radius 1 is 1.21 bits per heavy atom. The van der Waals surface area contributed by atoms with Crippen molar-refractivity contribution in [2.75, 3.05) is 5.32 Å². The number of anilines is 1. The molecule has 1 aromatic heterocycles. The van der Waals surface area contributed by atoms with Crippen LogP contribution < -0.4 is 10.1 Å². The zero-order valence-electron chi connectivity index (χ0n) is 12.3. The highest BCUT2D eigenvalue weighted by Crippen LogP contribution is 2.30. The predicted molar refractivity (Wildman–Crippen MR) is 82.2 cm³/mol. The lowest BCUT2D eigenvalue weighted by Crippen LogP contribution is -2.19. The maximum atomic E-state index is 13.7. The lowest BCUT2D eigenvalue weighted by molar-refractivity contribution is 0.101. The normalized spacial score (nSPS) is 12.1. The molecule has 4 rings (SSSR count). The molecule has 24 heavy (non-hydrogen) atoms. The lowest BCUT2D eigenvalue weighted by Gasteiger charge is -2.20. The van der Waals surface area contributed by atoms with Gasteiger partial charge >= 0.3 is 0 Å². The van der Waals surface area contributed by atoms with Crippen molar-refractivity contribution >= 4 is 11.6 Å². The maximum Gasteiger partial charge on any atom is 0.276 e. The number of amides is 1. The van der Waals surface area contributed by atoms with Crippen LogP contribution in [0.4, 0.5) is 14.5 Å². The van der Waals surface area contributed by atoms with Crippen molar-refractivity contribution in [1.29, 1.82) is 0 Å². The van der Waals surface area contributed by atoms with Gasteiger partial charge in [-0.1, -0.05) is 12.1 Å². The van der Waals surface area contributed by atoms with Crippen LogP contribution in [0.15, 0.2) is 48.8 Å². The van der Waals surface area contributed by atoms with E-state index in [-0.39, 0.29) is 18.0 Å². The number of benzene rings is 2. The number of imidazole rings is 1. The van der Waals surface area contributed by atoms with Gasteiger partial charge in [0.2, 0.25) is 0 Å². The van der Waals surface area contributed by atoms with Crippen LogP contribution in [0.2, 0.25) is 0 Å². The fraction of sp³-hybridized carbons (Fsp3) is 0.0588. The summed E-state index contributed by atoms with van der Waals surface area (Å²) in [4.78, 5) is 16.5. The van der Waals surface area contributed by atoms with Gasteiger partial charge in [-0.05, 0) is 24.3 Å². The zero-order valence-corrected chi connectivity index (χ0v) is 12.3. The van der Waals surface area contributed by atoms with Gasteiger partial charge in [-0.25, -0.2) is 13.8 Å². The van der Waals surface area contributed by atoms with Gasteiger partial charge in [0, 0.05) is 6.07 Å². The molecule has 5 nitrogen and oxygen atoms in total. The molecule has 1 amide bonds. The summed E-state index contributed by atoms with van der Waals surface area (Å²) in [6.07, 6.45) is 1.51. The molecule has 0 spiro atoms. The number of para-hydroxylation sites is 2. The number of nitrogens with one attached hydrogen (secondary N) is 1. The molecule has 1 aliphatic heterocycles. The van der Waals surface area contributed by atoms with Gasteiger partial charge in [0.15, 0.2) is 5.69 Å². The molecule has 0 saturated carbocycles. The predicted octanol–water partition coefficient (Wildman–Crippen LogP) is 3.30. The van der Waals surface area contributed by atoms with Crippen molar-refractivity contribution in [1.82, 2.24) is 9.55 Å². The number of hydrogen-bond donors (Lipinski definition) is 1. The van der Waals surface area contributed by atoms with Crippen LogP contribution in [0, 0.1) is 11.6 Å². The average molecular weight is 327 g/mol. The number of carbonyl (C=O) groups is 1. The first-order valence-corrected chi connectivity index (χ1v) is 7.18. The maximum absolute atomic E-state index is 13.7. The Kier molecular flexibility index (Phi) is 3.26. The minimum atomic E-state index is -0.723. The van der Waals surface area contributed by atoms with Crippen LogP contribution in [-0.4, -0.2) is 15.5 Å². The van der Waals surface area contributed by atoms with E-state index in [0.717, 1.165) is 23.9 Å². The summed E-state index contributed by atoms with van der Waals surface area (Å²) in [6.45, 7) is 0.158. The number of ether oxygens (including phenoxy) is 1. The molecule has 0 atom stereocenters. The summed E-state index contributed by atoms with van der Waals surface area (Å²) in [5.74, 6) is -1.31. The summed E-state index contributed by atoms with van der Waals surface area (Å²) in [7, 11) is 0. The van der Waals surface area contributed by atoms with Crippen LogP contribution in [-0.2, 0) is 6.61 Å². The van der Waals surface area contributed by atoms with Crippen LogP contribution in [0.5, 0.6) is 5.75 Å². The fourth-order valence-electron chi connectivity index (χ4n) is 2.61. The highest BCUT2D eigenvalue weighted by Gasteiger charge is 2.24. The van der Waals surface area contributed by atoms with Gasteiger partial charge in [0.25, 0.3) is 5.91 Å². The van der Waals surface area contributed by atoms with E-state index < -0.39 is 17.5 Å². The molecular weight excluding hydrogens is 316 g/mol. The molecule has 0 radical (unpaired) electrons. The van der Waals surface area contributed by atoms with E-state index in [0.29, 0.717) is 11.4 Å². The minimum absolute atomic E-state index is 0.105. The van der Waals surface area contributed by atoms with Gasteiger partial charge in [-0.3, -0.25) is 9.36 Å². The third-order valence-corrected chi connectivity index (χ3v) is 3.75. The summed E-state index contributed by atoms with van der Waals surface area (Å²) in [6, 6.07) is 10.2. The Labute approximate surface area is 135 Å². The van der Waals surface area contributed by atoms with E-state index in [2.05, 4.69) is 10.3 Å². The Morgan fingerprint density at radius 2 is 2.04 bits per heavy atom. The summed E-state index contributed by atoms with van der Waals surface area (Å²) < 4.78 is 34.3. The molecule has 7 heteroatoms. The smallest absolute Gasteiger partial charge is 0.276 e. The van der Waals surface area contributed by atoms with Crippen molar-refractivity contribution in [2.45, 2.75) is 6.61 Å². The molecule has 0 saturated heterocycles. The second kappa shape index (κ2) is 5.45. The van der Waals surface area contributed by atoms with Gasteiger partial charge in [0.1, 0.15) is 30.3 Å². The van der Waals surface area contributed by atoms with Gasteiger partial charge < -0.3 is 10.1 Å². The molecule has 0 unspecified atom stereocenters. The number of rotatable bonds is 2. The monoisotopic (exact) mass is 327 g/mol. The number of fused-ring (bicyclic) bond motifs is 3. The number of carbonyl (C=O) groups excluding carboxylic acids is 1. The van der Waals surface area contributed by atoms with Crippen LogP contribution >= 0.6 is 0 Å². The Balaban J connectivity index is 1.68. The van der Waals surface area contributed by atoms with E-state index in [1.807, 2.05) is 24.3 Å². The zero-order chi connectivity index (χ0) is 16.7. The molecule has 0 bridgehead atoms. The van der Waals surface area contributed by atoms with Crippen molar-refractivity contribution in [3.8, 4) is 11.4 Å². The summed E-state index contributed by atoms with van der Waals surface area (Å²) in [5.41, 5.74) is 1.18. The standard InChI is InChI=1S/C17H11F2N3O2/c18-10-5-6-11(19)12(7-10)21-17(23)16-14-8-24-15-4-2-1-3-13(15)22(14)9-20-16/h1-7,9H,8H2,(H,21,23). The largest absolute Gasteiger partial charge is 0.485 e. The Bertz CT molecular complexity index is 953. The van der Waals surface area contributed by atoms with E-state index >= 15 is 0 Å². The van der Waals surface area contributed by atoms with E-state index in [1.165, 1.54) is 6.33 Å². The lowest BCUT2D eigenvalue weighted by atomic mass is 10.2. The molecule has 2 aromatic carbocycles. The van der Waals surface area contributed by atoms with E-state index in [1.54, 1.807) is 4.57 Å². The average Bonchev–Trinajstić information content (AvgIpc) is 3.03. The first-order valence-electron chi connectivity index (χ1n) is 7.18. The molecule has 3 aromatic rings. The first kappa shape index (κ1) is 14.4. The summed E-state index contributed by atoms with van der Waals surface area (Å²) in [5, 5.41) is 2.34. The SMILES string of the molecule is O=C(Nc1cc(F)ccc1F)c1ncn2c1COc1ccccc1-2. The van der Waals surface area contributed by atoms with Crippen LogP contribution in [0.1, 0.15) is 16.2 Å². The number of halogens is 2. The molecule has 120 valence electrons. The first-order chi connectivity index (χ1) is 11.6. The van der Waals surface area contributed by atoms with Crippen molar-refractivity contribution < 1.29 is 18.3 Å². The van der Waals surface area contributed by atoms with Crippen LogP contribution in [0.3, 0.4) is 0 Å². The third-order valence-electron chi connectivity index (χ3n) is 3.75. The second-order valence-corrected chi connectivity index (χ2v) is 5.24. The van der Waals surface area contributed by atoms with Crippen molar-refractivity contribution in [3.05, 3.63) is 71.8 Å². The number of aromatic nitrogens is 2. The third kappa shape index (κ3) is 2.30. The second-order valence-electron chi connectivity index (χ2n) is 5.24. The quantitative estimate of drug-likeness (QED) is 0.786. The Hall–Kier alpha value is -3.22. The van der Waals surface area contributed by atoms with Crippen molar-refractivity contribution in [2.24, 2.45) is 0 Å². The molecule has 2 heterocycles. The molecule has 0 fully saturated rings. The highest BCUT2D eigenvalue weighted by atomic mass is 19.1.